The lowest BCUT2D eigenvalue weighted by Gasteiger charge is -2.38. The zero-order valence-electron chi connectivity index (χ0n) is 11.4. The number of piperazine rings is 1. The molecular weight excluding hydrogens is 238 g/mol. The lowest BCUT2D eigenvalue weighted by atomic mass is 10.0. The van der Waals surface area contributed by atoms with E-state index < -0.39 is 0 Å². The van der Waals surface area contributed by atoms with Crippen molar-refractivity contribution in [1.29, 1.82) is 0 Å². The summed E-state index contributed by atoms with van der Waals surface area (Å²) in [6, 6.07) is 6.85. The highest BCUT2D eigenvalue weighted by Gasteiger charge is 2.36. The molecule has 0 bridgehead atoms. The van der Waals surface area contributed by atoms with Gasteiger partial charge in [0.25, 0.3) is 0 Å². The van der Waals surface area contributed by atoms with Gasteiger partial charge in [-0.3, -0.25) is 9.69 Å². The third-order valence-electron chi connectivity index (χ3n) is 4.36. The molecule has 1 aliphatic heterocycles. The van der Waals surface area contributed by atoms with Gasteiger partial charge in [-0.05, 0) is 30.9 Å². The van der Waals surface area contributed by atoms with Gasteiger partial charge in [0.2, 0.25) is 5.91 Å². The Balaban J connectivity index is 1.91. The Bertz CT molecular complexity index is 500. The van der Waals surface area contributed by atoms with Gasteiger partial charge < -0.3 is 11.1 Å². The summed E-state index contributed by atoms with van der Waals surface area (Å²) >= 11 is 0. The molecule has 3 N–H and O–H groups in total. The van der Waals surface area contributed by atoms with Gasteiger partial charge in [0.05, 0.1) is 0 Å². The Kier molecular flexibility index (Phi) is 3.29. The predicted molar refractivity (Wildman–Crippen MR) is 74.8 cm³/mol. The van der Waals surface area contributed by atoms with Gasteiger partial charge in [-0.15, -0.1) is 0 Å². The third kappa shape index (κ3) is 2.26. The molecule has 0 radical (unpaired) electrons. The molecule has 0 aromatic heterocycles. The maximum atomic E-state index is 11.6. The fourth-order valence-electron chi connectivity index (χ4n) is 3.40. The number of hydrogen-bond acceptors (Lipinski definition) is 3. The second-order valence-corrected chi connectivity index (χ2v) is 5.62. The smallest absolute Gasteiger partial charge is 0.236 e. The first-order chi connectivity index (χ1) is 9.16. The number of primary amides is 1. The number of rotatable bonds is 2. The van der Waals surface area contributed by atoms with Gasteiger partial charge in [-0.25, -0.2) is 0 Å². The van der Waals surface area contributed by atoms with Crippen molar-refractivity contribution in [1.82, 2.24) is 10.2 Å². The quantitative estimate of drug-likeness (QED) is 0.823. The van der Waals surface area contributed by atoms with Crippen molar-refractivity contribution in [2.45, 2.75) is 31.8 Å². The number of carbonyl (C=O) groups is 1. The average Bonchev–Trinajstić information content (AvgIpc) is 2.81. The number of nitrogens with two attached hydrogens (primary N) is 1. The number of nitrogens with zero attached hydrogens (tertiary/aromatic N) is 1. The Morgan fingerprint density at radius 1 is 1.47 bits per heavy atom. The van der Waals surface area contributed by atoms with E-state index in [4.69, 9.17) is 5.73 Å². The molecule has 1 heterocycles. The number of fused-ring (bicyclic) bond motifs is 1. The number of nitrogens with one attached hydrogen (secondary N) is 1. The van der Waals surface area contributed by atoms with Crippen LogP contribution in [0.1, 0.15) is 29.2 Å². The van der Waals surface area contributed by atoms with E-state index in [9.17, 15) is 4.79 Å². The Morgan fingerprint density at radius 2 is 2.32 bits per heavy atom. The molecule has 1 aliphatic carbocycles. The van der Waals surface area contributed by atoms with Gasteiger partial charge in [-0.2, -0.15) is 0 Å². The van der Waals surface area contributed by atoms with Crippen LogP contribution in [0.4, 0.5) is 0 Å². The van der Waals surface area contributed by atoms with Crippen molar-refractivity contribution in [2.24, 2.45) is 5.73 Å². The maximum Gasteiger partial charge on any atom is 0.236 e. The number of amides is 1. The van der Waals surface area contributed by atoms with E-state index in [1.54, 1.807) is 0 Å². The van der Waals surface area contributed by atoms with E-state index in [-0.39, 0.29) is 11.9 Å². The summed E-state index contributed by atoms with van der Waals surface area (Å²) in [5.74, 6) is -0.215. The van der Waals surface area contributed by atoms with Crippen LogP contribution in [0, 0.1) is 6.92 Å². The molecule has 4 nitrogen and oxygen atoms in total. The van der Waals surface area contributed by atoms with E-state index in [2.05, 4.69) is 35.3 Å². The molecule has 4 heteroatoms. The van der Waals surface area contributed by atoms with E-state index >= 15 is 0 Å². The average molecular weight is 259 g/mol. The topological polar surface area (TPSA) is 58.4 Å². The fraction of sp³-hybridized carbons (Fsp3) is 0.533. The molecular formula is C15H21N3O. The van der Waals surface area contributed by atoms with Crippen LogP contribution in [0.5, 0.6) is 0 Å². The molecule has 1 amide bonds. The van der Waals surface area contributed by atoms with Crippen LogP contribution < -0.4 is 11.1 Å². The van der Waals surface area contributed by atoms with Crippen LogP contribution in [-0.4, -0.2) is 36.5 Å². The summed E-state index contributed by atoms with van der Waals surface area (Å²) in [7, 11) is 0. The molecule has 19 heavy (non-hydrogen) atoms. The first-order valence-corrected chi connectivity index (χ1v) is 7.02. The molecule has 0 saturated carbocycles. The first kappa shape index (κ1) is 12.6. The van der Waals surface area contributed by atoms with Crippen LogP contribution in [0.2, 0.25) is 0 Å². The molecule has 1 fully saturated rings. The van der Waals surface area contributed by atoms with E-state index in [1.165, 1.54) is 16.7 Å². The van der Waals surface area contributed by atoms with Gasteiger partial charge in [0, 0.05) is 25.7 Å². The third-order valence-corrected chi connectivity index (χ3v) is 4.36. The lowest BCUT2D eigenvalue weighted by molar-refractivity contribution is -0.124. The first-order valence-electron chi connectivity index (χ1n) is 7.02. The highest BCUT2D eigenvalue weighted by Crippen LogP contribution is 2.37. The zero-order valence-corrected chi connectivity index (χ0v) is 11.4. The minimum atomic E-state index is -0.215. The number of carbonyl (C=O) groups excluding carboxylic acids is 1. The Labute approximate surface area is 114 Å². The van der Waals surface area contributed by atoms with Crippen LogP contribution in [0.3, 0.4) is 0 Å². The van der Waals surface area contributed by atoms with Gasteiger partial charge in [-0.1, -0.05) is 23.8 Å². The van der Waals surface area contributed by atoms with Gasteiger partial charge in [0.1, 0.15) is 6.04 Å². The molecule has 1 saturated heterocycles. The number of aryl methyl sites for hydroxylation is 2. The number of benzene rings is 1. The normalized spacial score (nSPS) is 27.2. The molecule has 2 atom stereocenters. The van der Waals surface area contributed by atoms with Gasteiger partial charge in [0.15, 0.2) is 0 Å². The van der Waals surface area contributed by atoms with Crippen molar-refractivity contribution in [3.63, 3.8) is 0 Å². The van der Waals surface area contributed by atoms with Crippen molar-refractivity contribution in [3.05, 3.63) is 34.9 Å². The summed E-state index contributed by atoms with van der Waals surface area (Å²) in [4.78, 5) is 13.9. The van der Waals surface area contributed by atoms with Crippen LogP contribution in [0.15, 0.2) is 18.2 Å². The Hall–Kier alpha value is -1.39. The standard InChI is InChI=1S/C15H21N3O/c1-10-2-3-11-4-5-13(12(11)8-10)18-7-6-17-9-14(18)15(16)19/h2-3,8,13-14,17H,4-7,9H2,1H3,(H2,16,19). The minimum absolute atomic E-state index is 0.176. The Morgan fingerprint density at radius 3 is 3.11 bits per heavy atom. The maximum absolute atomic E-state index is 11.6. The molecule has 1 aromatic carbocycles. The number of hydrogen-bond donors (Lipinski definition) is 2. The summed E-state index contributed by atoms with van der Waals surface area (Å²) in [5, 5.41) is 3.26. The molecule has 102 valence electrons. The second-order valence-electron chi connectivity index (χ2n) is 5.62. The van der Waals surface area contributed by atoms with Crippen molar-refractivity contribution >= 4 is 5.91 Å². The summed E-state index contributed by atoms with van der Waals surface area (Å²) in [6.45, 7) is 4.62. The predicted octanol–water partition coefficient (Wildman–Crippen LogP) is 0.741. The SMILES string of the molecule is Cc1ccc2c(c1)C(N1CCNCC1C(N)=O)CC2. The molecule has 2 aliphatic rings. The van der Waals surface area contributed by atoms with Gasteiger partial charge >= 0.3 is 0 Å². The van der Waals surface area contributed by atoms with Crippen molar-refractivity contribution in [2.75, 3.05) is 19.6 Å². The molecule has 0 spiro atoms. The van der Waals surface area contributed by atoms with Crippen LogP contribution in [-0.2, 0) is 11.2 Å². The summed E-state index contributed by atoms with van der Waals surface area (Å²) in [6.07, 6.45) is 2.21. The molecule has 1 aromatic rings. The lowest BCUT2D eigenvalue weighted by Crippen LogP contribution is -2.57. The van der Waals surface area contributed by atoms with Crippen molar-refractivity contribution < 1.29 is 4.79 Å². The van der Waals surface area contributed by atoms with E-state index in [0.717, 1.165) is 25.9 Å². The van der Waals surface area contributed by atoms with Crippen LogP contribution in [0.25, 0.3) is 0 Å². The zero-order chi connectivity index (χ0) is 13.4. The summed E-state index contributed by atoms with van der Waals surface area (Å²) < 4.78 is 0. The highest BCUT2D eigenvalue weighted by molar-refractivity contribution is 5.80. The van der Waals surface area contributed by atoms with E-state index in [1.807, 2.05) is 0 Å². The summed E-state index contributed by atoms with van der Waals surface area (Å²) in [5.41, 5.74) is 9.67. The largest absolute Gasteiger partial charge is 0.368 e. The monoisotopic (exact) mass is 259 g/mol. The highest BCUT2D eigenvalue weighted by atomic mass is 16.1. The second kappa shape index (κ2) is 4.94. The molecule has 3 rings (SSSR count). The van der Waals surface area contributed by atoms with Crippen molar-refractivity contribution in [3.8, 4) is 0 Å². The van der Waals surface area contributed by atoms with E-state index in [0.29, 0.717) is 12.6 Å². The molecule has 2 unspecified atom stereocenters. The fourth-order valence-corrected chi connectivity index (χ4v) is 3.40. The minimum Gasteiger partial charge on any atom is -0.368 e. The van der Waals surface area contributed by atoms with Crippen LogP contribution >= 0.6 is 0 Å².